The van der Waals surface area contributed by atoms with Gasteiger partial charge in [0.15, 0.2) is 5.78 Å². The van der Waals surface area contributed by atoms with Gasteiger partial charge in [0, 0.05) is 12.3 Å². The molecule has 2 aliphatic rings. The SMILES string of the molecule is O=C1CC2CC2C1=O. The van der Waals surface area contributed by atoms with Crippen LogP contribution in [0.3, 0.4) is 0 Å². The number of fused-ring (bicyclic) bond motifs is 1. The van der Waals surface area contributed by atoms with Crippen LogP contribution in [0.5, 0.6) is 0 Å². The maximum Gasteiger partial charge on any atom is 0.201 e. The van der Waals surface area contributed by atoms with Crippen LogP contribution in [0.4, 0.5) is 0 Å². The van der Waals surface area contributed by atoms with Crippen molar-refractivity contribution in [3.63, 3.8) is 0 Å². The van der Waals surface area contributed by atoms with Crippen LogP contribution in [0.2, 0.25) is 0 Å². The van der Waals surface area contributed by atoms with Gasteiger partial charge in [0.1, 0.15) is 0 Å². The molecule has 0 saturated heterocycles. The topological polar surface area (TPSA) is 34.1 Å². The third-order valence-corrected chi connectivity index (χ3v) is 1.98. The van der Waals surface area contributed by atoms with Gasteiger partial charge in [-0.25, -0.2) is 0 Å². The predicted molar refractivity (Wildman–Crippen MR) is 26.2 cm³/mol. The molecule has 2 atom stereocenters. The first kappa shape index (κ1) is 4.24. The Hall–Kier alpha value is -0.660. The summed E-state index contributed by atoms with van der Waals surface area (Å²) in [7, 11) is 0. The number of carbonyl (C=O) groups excluding carboxylic acids is 2. The number of Topliss-reactive ketones (excluding diaryl/α,β-unsaturated/α-hetero) is 2. The molecule has 0 aromatic rings. The summed E-state index contributed by atoms with van der Waals surface area (Å²) in [5.41, 5.74) is 0. The lowest BCUT2D eigenvalue weighted by Gasteiger charge is -1.82. The van der Waals surface area contributed by atoms with Crippen LogP contribution in [0.1, 0.15) is 12.8 Å². The average Bonchev–Trinajstić information content (AvgIpc) is 2.39. The number of hydrogen-bond donors (Lipinski definition) is 0. The Bertz CT molecular complexity index is 171. The van der Waals surface area contributed by atoms with Gasteiger partial charge < -0.3 is 0 Å². The second kappa shape index (κ2) is 1.02. The van der Waals surface area contributed by atoms with E-state index < -0.39 is 0 Å². The molecule has 0 heterocycles. The van der Waals surface area contributed by atoms with Gasteiger partial charge in [-0.05, 0) is 12.3 Å². The average molecular weight is 110 g/mol. The first-order chi connectivity index (χ1) is 3.79. The Kier molecular flexibility index (Phi) is 0.539. The van der Waals surface area contributed by atoms with E-state index in [1.807, 2.05) is 0 Å². The Morgan fingerprint density at radius 1 is 1.38 bits per heavy atom. The quantitative estimate of drug-likeness (QED) is 0.416. The molecule has 2 aliphatic carbocycles. The molecule has 2 saturated carbocycles. The minimum Gasteiger partial charge on any atom is -0.291 e. The summed E-state index contributed by atoms with van der Waals surface area (Å²) in [4.78, 5) is 21.1. The lowest BCUT2D eigenvalue weighted by molar-refractivity contribution is -0.135. The maximum atomic E-state index is 10.6. The van der Waals surface area contributed by atoms with Crippen LogP contribution in [0.25, 0.3) is 0 Å². The molecule has 42 valence electrons. The van der Waals surface area contributed by atoms with E-state index in [9.17, 15) is 9.59 Å². The van der Waals surface area contributed by atoms with E-state index in [2.05, 4.69) is 0 Å². The zero-order valence-corrected chi connectivity index (χ0v) is 4.39. The second-order valence-corrected chi connectivity index (χ2v) is 2.59. The van der Waals surface area contributed by atoms with Crippen molar-refractivity contribution in [2.24, 2.45) is 11.8 Å². The highest BCUT2D eigenvalue weighted by Gasteiger charge is 2.52. The van der Waals surface area contributed by atoms with Crippen LogP contribution in [-0.2, 0) is 9.59 Å². The molecule has 0 aromatic carbocycles. The van der Waals surface area contributed by atoms with Crippen molar-refractivity contribution in [2.75, 3.05) is 0 Å². The molecule has 2 heteroatoms. The van der Waals surface area contributed by atoms with Crippen LogP contribution in [0.15, 0.2) is 0 Å². The summed E-state index contributed by atoms with van der Waals surface area (Å²) < 4.78 is 0. The molecule has 0 N–H and O–H groups in total. The highest BCUT2D eigenvalue weighted by atomic mass is 16.2. The van der Waals surface area contributed by atoms with E-state index in [0.717, 1.165) is 6.42 Å². The summed E-state index contributed by atoms with van der Waals surface area (Å²) in [6, 6.07) is 0. The van der Waals surface area contributed by atoms with Crippen molar-refractivity contribution in [2.45, 2.75) is 12.8 Å². The molecule has 0 aromatic heterocycles. The minimum atomic E-state index is -0.133. The normalized spacial score (nSPS) is 42.5. The Morgan fingerprint density at radius 2 is 2.12 bits per heavy atom. The molecular weight excluding hydrogens is 104 g/mol. The van der Waals surface area contributed by atoms with E-state index in [4.69, 9.17) is 0 Å². The van der Waals surface area contributed by atoms with E-state index in [0.29, 0.717) is 12.3 Å². The van der Waals surface area contributed by atoms with Crippen molar-refractivity contribution in [3.8, 4) is 0 Å². The number of ketones is 2. The predicted octanol–water partition coefficient (Wildman–Crippen LogP) is 0.164. The molecular formula is C6H6O2. The van der Waals surface area contributed by atoms with Crippen molar-refractivity contribution in [1.82, 2.24) is 0 Å². The minimum absolute atomic E-state index is 0.102. The second-order valence-electron chi connectivity index (χ2n) is 2.59. The van der Waals surface area contributed by atoms with Gasteiger partial charge in [0.05, 0.1) is 0 Å². The number of hydrogen-bond acceptors (Lipinski definition) is 2. The fourth-order valence-corrected chi connectivity index (χ4v) is 1.34. The smallest absolute Gasteiger partial charge is 0.201 e. The fraction of sp³-hybridized carbons (Fsp3) is 0.667. The largest absolute Gasteiger partial charge is 0.291 e. The maximum absolute atomic E-state index is 10.6. The monoisotopic (exact) mass is 110 g/mol. The molecule has 2 rings (SSSR count). The van der Waals surface area contributed by atoms with Crippen LogP contribution >= 0.6 is 0 Å². The zero-order chi connectivity index (χ0) is 5.72. The van der Waals surface area contributed by atoms with Crippen LogP contribution in [0, 0.1) is 11.8 Å². The zero-order valence-electron chi connectivity index (χ0n) is 4.39. The number of rotatable bonds is 0. The Morgan fingerprint density at radius 3 is 2.38 bits per heavy atom. The Balaban J connectivity index is 2.31. The molecule has 2 fully saturated rings. The van der Waals surface area contributed by atoms with Crippen LogP contribution in [-0.4, -0.2) is 11.6 Å². The van der Waals surface area contributed by atoms with Gasteiger partial charge in [-0.3, -0.25) is 9.59 Å². The molecule has 2 nitrogen and oxygen atoms in total. The van der Waals surface area contributed by atoms with Gasteiger partial charge in [-0.1, -0.05) is 0 Å². The highest BCUT2D eigenvalue weighted by Crippen LogP contribution is 2.47. The van der Waals surface area contributed by atoms with Gasteiger partial charge >= 0.3 is 0 Å². The summed E-state index contributed by atoms with van der Waals surface area (Å²) in [6.45, 7) is 0. The lowest BCUT2D eigenvalue weighted by atomic mass is 10.2. The molecule has 8 heavy (non-hydrogen) atoms. The van der Waals surface area contributed by atoms with Gasteiger partial charge in [0.2, 0.25) is 5.78 Å². The number of carbonyl (C=O) groups is 2. The molecule has 0 radical (unpaired) electrons. The third-order valence-electron chi connectivity index (χ3n) is 1.98. The summed E-state index contributed by atoms with van der Waals surface area (Å²) in [6.07, 6.45) is 1.54. The van der Waals surface area contributed by atoms with E-state index in [1.54, 1.807) is 0 Å². The van der Waals surface area contributed by atoms with Crippen molar-refractivity contribution < 1.29 is 9.59 Å². The van der Waals surface area contributed by atoms with Gasteiger partial charge in [-0.15, -0.1) is 0 Å². The van der Waals surface area contributed by atoms with Crippen molar-refractivity contribution in [3.05, 3.63) is 0 Å². The first-order valence-corrected chi connectivity index (χ1v) is 2.86. The third kappa shape index (κ3) is 0.335. The molecule has 0 spiro atoms. The summed E-state index contributed by atoms with van der Waals surface area (Å²) >= 11 is 0. The highest BCUT2D eigenvalue weighted by molar-refractivity contribution is 6.41. The summed E-state index contributed by atoms with van der Waals surface area (Å²) in [5, 5.41) is 0. The molecule has 0 bridgehead atoms. The first-order valence-electron chi connectivity index (χ1n) is 2.86. The van der Waals surface area contributed by atoms with E-state index in [-0.39, 0.29) is 17.5 Å². The Labute approximate surface area is 46.9 Å². The van der Waals surface area contributed by atoms with E-state index in [1.165, 1.54) is 0 Å². The fourth-order valence-electron chi connectivity index (χ4n) is 1.34. The molecule has 2 unspecified atom stereocenters. The molecule has 0 aliphatic heterocycles. The van der Waals surface area contributed by atoms with Crippen molar-refractivity contribution >= 4 is 11.6 Å². The van der Waals surface area contributed by atoms with Crippen molar-refractivity contribution in [1.29, 1.82) is 0 Å². The standard InChI is InChI=1S/C6H6O2/c7-5-2-3-1-4(3)6(5)8/h3-4H,1-2H2. The van der Waals surface area contributed by atoms with Gasteiger partial charge in [-0.2, -0.15) is 0 Å². The lowest BCUT2D eigenvalue weighted by Crippen LogP contribution is -2.08. The van der Waals surface area contributed by atoms with Crippen LogP contribution < -0.4 is 0 Å². The van der Waals surface area contributed by atoms with E-state index >= 15 is 0 Å². The molecule has 0 amide bonds. The van der Waals surface area contributed by atoms with Gasteiger partial charge in [0.25, 0.3) is 0 Å². The summed E-state index contributed by atoms with van der Waals surface area (Å²) in [5.74, 6) is 0.402.